The van der Waals surface area contributed by atoms with Crippen LogP contribution in [0.1, 0.15) is 12.8 Å². The summed E-state index contributed by atoms with van der Waals surface area (Å²) >= 11 is 0. The predicted molar refractivity (Wildman–Crippen MR) is 36.0 cm³/mol. The zero-order chi connectivity index (χ0) is 8.27. The lowest BCUT2D eigenvalue weighted by atomic mass is 10.2. The Hall–Kier alpha value is -0.900. The first kappa shape index (κ1) is 8.20. The number of carbonyl (C=O) groups excluding carboxylic acids is 2. The van der Waals surface area contributed by atoms with Gasteiger partial charge in [-0.05, 0) is 6.42 Å². The molecule has 1 aliphatic heterocycles. The summed E-state index contributed by atoms with van der Waals surface area (Å²) in [6.07, 6.45) is 1.33. The maximum Gasteiger partial charge on any atom is 0.305 e. The number of hydrogen-bond acceptors (Lipinski definition) is 4. The molecular formula is C7H10O4. The van der Waals surface area contributed by atoms with E-state index in [1.54, 1.807) is 0 Å². The van der Waals surface area contributed by atoms with Crippen LogP contribution in [-0.4, -0.2) is 31.6 Å². The van der Waals surface area contributed by atoms with E-state index < -0.39 is 0 Å². The number of esters is 1. The van der Waals surface area contributed by atoms with Gasteiger partial charge < -0.3 is 14.3 Å². The van der Waals surface area contributed by atoms with Crippen molar-refractivity contribution in [1.29, 1.82) is 0 Å². The summed E-state index contributed by atoms with van der Waals surface area (Å²) in [4.78, 5) is 20.6. The van der Waals surface area contributed by atoms with E-state index in [2.05, 4.69) is 4.74 Å². The van der Waals surface area contributed by atoms with Crippen molar-refractivity contribution in [2.24, 2.45) is 0 Å². The Morgan fingerprint density at radius 2 is 2.45 bits per heavy atom. The van der Waals surface area contributed by atoms with Crippen LogP contribution in [-0.2, 0) is 19.1 Å². The van der Waals surface area contributed by atoms with Crippen molar-refractivity contribution in [3.63, 3.8) is 0 Å². The normalized spacial score (nSPS) is 27.7. The molecule has 1 heterocycles. The molecule has 0 saturated carbocycles. The number of epoxide rings is 1. The zero-order valence-electron chi connectivity index (χ0n) is 6.28. The SMILES string of the molecule is COC(=O)CC[C@H]1O[C@H]1C=O. The van der Waals surface area contributed by atoms with Crippen LogP contribution < -0.4 is 0 Å². The number of rotatable bonds is 4. The van der Waals surface area contributed by atoms with Crippen LogP contribution in [0.5, 0.6) is 0 Å². The van der Waals surface area contributed by atoms with Gasteiger partial charge in [-0.1, -0.05) is 0 Å². The number of aldehydes is 1. The number of carbonyl (C=O) groups is 2. The second kappa shape index (κ2) is 3.48. The van der Waals surface area contributed by atoms with Crippen LogP contribution in [0.2, 0.25) is 0 Å². The number of hydrogen-bond donors (Lipinski definition) is 0. The molecular weight excluding hydrogens is 148 g/mol. The van der Waals surface area contributed by atoms with E-state index in [-0.39, 0.29) is 18.2 Å². The zero-order valence-corrected chi connectivity index (χ0v) is 6.28. The molecule has 0 bridgehead atoms. The van der Waals surface area contributed by atoms with Gasteiger partial charge in [0.2, 0.25) is 0 Å². The van der Waals surface area contributed by atoms with Crippen molar-refractivity contribution >= 4 is 12.3 Å². The summed E-state index contributed by atoms with van der Waals surface area (Å²) in [5.41, 5.74) is 0. The minimum Gasteiger partial charge on any atom is -0.469 e. The fraction of sp³-hybridized carbons (Fsp3) is 0.714. The fourth-order valence-electron chi connectivity index (χ4n) is 0.871. The molecule has 0 amide bonds. The molecule has 1 fully saturated rings. The molecule has 0 spiro atoms. The molecule has 1 aliphatic rings. The third-order valence-corrected chi connectivity index (χ3v) is 1.62. The third-order valence-electron chi connectivity index (χ3n) is 1.62. The average Bonchev–Trinajstić information content (AvgIpc) is 2.78. The quantitative estimate of drug-likeness (QED) is 0.326. The molecule has 0 radical (unpaired) electrons. The average molecular weight is 158 g/mol. The van der Waals surface area contributed by atoms with Crippen LogP contribution in [0.25, 0.3) is 0 Å². The maximum absolute atomic E-state index is 10.6. The Bertz CT molecular complexity index is 166. The van der Waals surface area contributed by atoms with E-state index in [9.17, 15) is 9.59 Å². The van der Waals surface area contributed by atoms with Gasteiger partial charge in [-0.2, -0.15) is 0 Å². The van der Waals surface area contributed by atoms with Crippen LogP contribution in [0.15, 0.2) is 0 Å². The first-order valence-electron chi connectivity index (χ1n) is 3.45. The summed E-state index contributed by atoms with van der Waals surface area (Å²) in [5, 5.41) is 0. The van der Waals surface area contributed by atoms with Crippen molar-refractivity contribution in [3.05, 3.63) is 0 Å². The monoisotopic (exact) mass is 158 g/mol. The molecule has 62 valence electrons. The molecule has 11 heavy (non-hydrogen) atoms. The Morgan fingerprint density at radius 1 is 1.73 bits per heavy atom. The molecule has 0 N–H and O–H groups in total. The van der Waals surface area contributed by atoms with Crippen molar-refractivity contribution < 1.29 is 19.1 Å². The highest BCUT2D eigenvalue weighted by molar-refractivity contribution is 5.69. The van der Waals surface area contributed by atoms with Crippen molar-refractivity contribution in [3.8, 4) is 0 Å². The molecule has 0 aromatic heterocycles. The standard InChI is InChI=1S/C7H10O4/c1-10-7(9)3-2-5-6(4-8)11-5/h4-6H,2-3H2,1H3/t5-,6+/m1/s1. The van der Waals surface area contributed by atoms with E-state index in [4.69, 9.17) is 4.74 Å². The van der Waals surface area contributed by atoms with Crippen molar-refractivity contribution in [2.45, 2.75) is 25.0 Å². The van der Waals surface area contributed by atoms with Crippen LogP contribution in [0.4, 0.5) is 0 Å². The Labute approximate surface area is 64.5 Å². The van der Waals surface area contributed by atoms with Gasteiger partial charge in [0, 0.05) is 6.42 Å². The minimum atomic E-state index is -0.278. The maximum atomic E-state index is 10.6. The van der Waals surface area contributed by atoms with E-state index >= 15 is 0 Å². The summed E-state index contributed by atoms with van der Waals surface area (Å²) in [6, 6.07) is 0. The molecule has 0 aromatic carbocycles. The van der Waals surface area contributed by atoms with Crippen LogP contribution in [0, 0.1) is 0 Å². The number of ether oxygens (including phenoxy) is 2. The van der Waals surface area contributed by atoms with E-state index in [1.807, 2.05) is 0 Å². The van der Waals surface area contributed by atoms with E-state index in [0.29, 0.717) is 12.8 Å². The van der Waals surface area contributed by atoms with Gasteiger partial charge in [-0.15, -0.1) is 0 Å². The highest BCUT2D eigenvalue weighted by Crippen LogP contribution is 2.24. The topological polar surface area (TPSA) is 55.9 Å². The van der Waals surface area contributed by atoms with Gasteiger partial charge in [0.1, 0.15) is 6.10 Å². The second-order valence-electron chi connectivity index (χ2n) is 2.39. The molecule has 1 rings (SSSR count). The molecule has 0 aliphatic carbocycles. The Balaban J connectivity index is 2.05. The van der Waals surface area contributed by atoms with E-state index in [0.717, 1.165) is 6.29 Å². The van der Waals surface area contributed by atoms with Crippen LogP contribution >= 0.6 is 0 Å². The first-order chi connectivity index (χ1) is 5.27. The molecule has 4 heteroatoms. The van der Waals surface area contributed by atoms with Crippen molar-refractivity contribution in [2.75, 3.05) is 7.11 Å². The highest BCUT2D eigenvalue weighted by atomic mass is 16.6. The van der Waals surface area contributed by atoms with Gasteiger partial charge >= 0.3 is 5.97 Å². The first-order valence-corrected chi connectivity index (χ1v) is 3.45. The lowest BCUT2D eigenvalue weighted by molar-refractivity contribution is -0.140. The fourth-order valence-corrected chi connectivity index (χ4v) is 0.871. The molecule has 4 nitrogen and oxygen atoms in total. The van der Waals surface area contributed by atoms with Gasteiger partial charge in [-0.25, -0.2) is 0 Å². The smallest absolute Gasteiger partial charge is 0.305 e. The summed E-state index contributed by atoms with van der Waals surface area (Å²) < 4.78 is 9.30. The lowest BCUT2D eigenvalue weighted by Crippen LogP contribution is -2.03. The Kier molecular flexibility index (Phi) is 2.59. The lowest BCUT2D eigenvalue weighted by Gasteiger charge is -1.94. The van der Waals surface area contributed by atoms with Gasteiger partial charge in [0.15, 0.2) is 6.29 Å². The van der Waals surface area contributed by atoms with Gasteiger partial charge in [-0.3, -0.25) is 4.79 Å². The summed E-state index contributed by atoms with van der Waals surface area (Å²) in [6.45, 7) is 0. The molecule has 2 atom stereocenters. The number of methoxy groups -OCH3 is 1. The third kappa shape index (κ3) is 2.31. The molecule has 0 unspecified atom stereocenters. The van der Waals surface area contributed by atoms with E-state index in [1.165, 1.54) is 7.11 Å². The predicted octanol–water partition coefficient (Wildman–Crippen LogP) is -0.0941. The largest absolute Gasteiger partial charge is 0.469 e. The summed E-state index contributed by atoms with van der Waals surface area (Å²) in [7, 11) is 1.34. The molecule has 0 aromatic rings. The van der Waals surface area contributed by atoms with Gasteiger partial charge in [0.25, 0.3) is 0 Å². The molecule has 1 saturated heterocycles. The second-order valence-corrected chi connectivity index (χ2v) is 2.39. The van der Waals surface area contributed by atoms with Crippen LogP contribution in [0.3, 0.4) is 0 Å². The van der Waals surface area contributed by atoms with Gasteiger partial charge in [0.05, 0.1) is 13.2 Å². The Morgan fingerprint density at radius 3 is 2.91 bits per heavy atom. The van der Waals surface area contributed by atoms with Crippen molar-refractivity contribution in [1.82, 2.24) is 0 Å². The summed E-state index contributed by atoms with van der Waals surface area (Å²) in [5.74, 6) is -0.259. The minimum absolute atomic E-state index is 0.0494. The highest BCUT2D eigenvalue weighted by Gasteiger charge is 2.38.